The lowest BCUT2D eigenvalue weighted by molar-refractivity contribution is -0.121. The molecule has 1 atom stereocenters. The number of hydrogen-bond donors (Lipinski definition) is 2. The number of nitrogens with one attached hydrogen (secondary N) is 1. The molecule has 0 unspecified atom stereocenters. The zero-order valence-electron chi connectivity index (χ0n) is 15.1. The largest absolute Gasteiger partial charge is 0.497 e. The standard InChI is InChI=1S/C21H24N2O3/c1-23-12-11-16-13-17(6-9-19(16)23)20(24)14-22-21(25)10-5-15-3-7-18(26-2)8-4-15/h3-4,6-9,11-13,20,24H,5,10,14H2,1-2H3,(H,22,25)/t20-/m0/s1. The maximum Gasteiger partial charge on any atom is 0.220 e. The number of carbonyl (C=O) groups is 1. The predicted molar refractivity (Wildman–Crippen MR) is 102 cm³/mol. The van der Waals surface area contributed by atoms with Crippen molar-refractivity contribution < 1.29 is 14.6 Å². The molecule has 0 aliphatic heterocycles. The van der Waals surface area contributed by atoms with Gasteiger partial charge in [-0.25, -0.2) is 0 Å². The van der Waals surface area contributed by atoms with Crippen molar-refractivity contribution in [2.75, 3.05) is 13.7 Å². The normalized spacial score (nSPS) is 12.1. The highest BCUT2D eigenvalue weighted by molar-refractivity contribution is 5.81. The number of amides is 1. The average molecular weight is 352 g/mol. The third-order valence-electron chi connectivity index (χ3n) is 4.59. The van der Waals surface area contributed by atoms with Crippen molar-refractivity contribution in [1.82, 2.24) is 9.88 Å². The number of aliphatic hydroxyl groups is 1. The Labute approximate surface area is 153 Å². The van der Waals surface area contributed by atoms with E-state index in [2.05, 4.69) is 5.32 Å². The van der Waals surface area contributed by atoms with E-state index in [9.17, 15) is 9.90 Å². The van der Waals surface area contributed by atoms with Crippen LogP contribution >= 0.6 is 0 Å². The first-order valence-corrected chi connectivity index (χ1v) is 8.69. The van der Waals surface area contributed by atoms with Crippen LogP contribution < -0.4 is 10.1 Å². The molecule has 2 aromatic carbocycles. The van der Waals surface area contributed by atoms with E-state index >= 15 is 0 Å². The average Bonchev–Trinajstić information content (AvgIpc) is 3.05. The number of rotatable bonds is 7. The Hall–Kier alpha value is -2.79. The SMILES string of the molecule is COc1ccc(CCC(=O)NC[C@H](O)c2ccc3c(ccn3C)c2)cc1. The molecule has 2 N–H and O–H groups in total. The second-order valence-electron chi connectivity index (χ2n) is 6.41. The van der Waals surface area contributed by atoms with E-state index in [-0.39, 0.29) is 12.5 Å². The molecule has 1 heterocycles. The van der Waals surface area contributed by atoms with Crippen LogP contribution in [0.25, 0.3) is 10.9 Å². The molecule has 0 fully saturated rings. The van der Waals surface area contributed by atoms with E-state index in [1.807, 2.05) is 66.3 Å². The first-order chi connectivity index (χ1) is 12.6. The fraction of sp³-hybridized carbons (Fsp3) is 0.286. The molecule has 26 heavy (non-hydrogen) atoms. The van der Waals surface area contributed by atoms with Crippen molar-refractivity contribution in [3.8, 4) is 5.75 Å². The van der Waals surface area contributed by atoms with Crippen molar-refractivity contribution in [3.05, 3.63) is 65.9 Å². The first-order valence-electron chi connectivity index (χ1n) is 8.69. The number of carbonyl (C=O) groups excluding carboxylic acids is 1. The van der Waals surface area contributed by atoms with Crippen LogP contribution in [0.15, 0.2) is 54.7 Å². The molecule has 0 radical (unpaired) electrons. The second kappa shape index (κ2) is 8.06. The highest BCUT2D eigenvalue weighted by Gasteiger charge is 2.11. The summed E-state index contributed by atoms with van der Waals surface area (Å²) in [7, 11) is 3.62. The Morgan fingerprint density at radius 1 is 1.19 bits per heavy atom. The molecule has 5 nitrogen and oxygen atoms in total. The summed E-state index contributed by atoms with van der Waals surface area (Å²) < 4.78 is 7.16. The Morgan fingerprint density at radius 3 is 2.69 bits per heavy atom. The molecule has 0 spiro atoms. The van der Waals surface area contributed by atoms with Crippen LogP contribution in [-0.2, 0) is 18.3 Å². The van der Waals surface area contributed by atoms with Crippen molar-refractivity contribution in [1.29, 1.82) is 0 Å². The maximum atomic E-state index is 12.0. The molecule has 3 aromatic rings. The smallest absolute Gasteiger partial charge is 0.220 e. The van der Waals surface area contributed by atoms with Crippen LogP contribution in [0.2, 0.25) is 0 Å². The summed E-state index contributed by atoms with van der Waals surface area (Å²) in [5.41, 5.74) is 3.00. The topological polar surface area (TPSA) is 63.5 Å². The number of aryl methyl sites for hydroxylation is 2. The van der Waals surface area contributed by atoms with Crippen molar-refractivity contribution in [3.63, 3.8) is 0 Å². The van der Waals surface area contributed by atoms with Crippen LogP contribution in [0.4, 0.5) is 0 Å². The number of aliphatic hydroxyl groups excluding tert-OH is 1. The Kier molecular flexibility index (Phi) is 5.58. The molecule has 3 rings (SSSR count). The number of ether oxygens (including phenoxy) is 1. The summed E-state index contributed by atoms with van der Waals surface area (Å²) in [4.78, 5) is 12.0. The highest BCUT2D eigenvalue weighted by Crippen LogP contribution is 2.21. The van der Waals surface area contributed by atoms with Gasteiger partial charge < -0.3 is 19.7 Å². The summed E-state index contributed by atoms with van der Waals surface area (Å²) in [6, 6.07) is 15.5. The molecule has 5 heteroatoms. The summed E-state index contributed by atoms with van der Waals surface area (Å²) in [5, 5.41) is 14.2. The Balaban J connectivity index is 1.49. The van der Waals surface area contributed by atoms with E-state index in [1.165, 1.54) is 0 Å². The monoisotopic (exact) mass is 352 g/mol. The maximum absolute atomic E-state index is 12.0. The molecular weight excluding hydrogens is 328 g/mol. The quantitative estimate of drug-likeness (QED) is 0.687. The van der Waals surface area contributed by atoms with Crippen LogP contribution in [0.1, 0.15) is 23.7 Å². The van der Waals surface area contributed by atoms with Crippen molar-refractivity contribution in [2.45, 2.75) is 18.9 Å². The minimum Gasteiger partial charge on any atom is -0.497 e. The number of fused-ring (bicyclic) bond motifs is 1. The summed E-state index contributed by atoms with van der Waals surface area (Å²) in [6.07, 6.45) is 2.31. The van der Waals surface area contributed by atoms with E-state index in [4.69, 9.17) is 4.74 Å². The van der Waals surface area contributed by atoms with Gasteiger partial charge in [-0.3, -0.25) is 4.79 Å². The van der Waals surface area contributed by atoms with Gasteiger partial charge in [0.25, 0.3) is 0 Å². The van der Waals surface area contributed by atoms with Gasteiger partial charge in [-0.1, -0.05) is 18.2 Å². The zero-order chi connectivity index (χ0) is 18.5. The number of aromatic nitrogens is 1. The van der Waals surface area contributed by atoms with Crippen LogP contribution in [0.3, 0.4) is 0 Å². The summed E-state index contributed by atoms with van der Waals surface area (Å²) in [5.74, 6) is 0.734. The van der Waals surface area contributed by atoms with Crippen LogP contribution in [0, 0.1) is 0 Å². The van der Waals surface area contributed by atoms with Gasteiger partial charge >= 0.3 is 0 Å². The fourth-order valence-corrected chi connectivity index (χ4v) is 2.97. The van der Waals surface area contributed by atoms with E-state index in [0.717, 1.165) is 27.8 Å². The third-order valence-corrected chi connectivity index (χ3v) is 4.59. The van der Waals surface area contributed by atoms with Gasteiger partial charge in [0.2, 0.25) is 5.91 Å². The molecule has 0 saturated carbocycles. The van der Waals surface area contributed by atoms with Gasteiger partial charge in [0.15, 0.2) is 0 Å². The molecule has 0 saturated heterocycles. The lowest BCUT2D eigenvalue weighted by atomic mass is 10.1. The zero-order valence-corrected chi connectivity index (χ0v) is 15.1. The van der Waals surface area contributed by atoms with Crippen molar-refractivity contribution in [2.24, 2.45) is 7.05 Å². The molecule has 0 aliphatic carbocycles. The second-order valence-corrected chi connectivity index (χ2v) is 6.41. The number of nitrogens with zero attached hydrogens (tertiary/aromatic N) is 1. The first kappa shape index (κ1) is 18.0. The minimum absolute atomic E-state index is 0.0688. The van der Waals surface area contributed by atoms with E-state index in [0.29, 0.717) is 12.8 Å². The van der Waals surface area contributed by atoms with Crippen LogP contribution in [0.5, 0.6) is 5.75 Å². The van der Waals surface area contributed by atoms with E-state index < -0.39 is 6.10 Å². The molecule has 1 aromatic heterocycles. The lowest BCUT2D eigenvalue weighted by Crippen LogP contribution is -2.28. The highest BCUT2D eigenvalue weighted by atomic mass is 16.5. The van der Waals surface area contributed by atoms with Gasteiger partial charge in [0, 0.05) is 31.7 Å². The van der Waals surface area contributed by atoms with Gasteiger partial charge in [0.1, 0.15) is 5.75 Å². The van der Waals surface area contributed by atoms with Gasteiger partial charge in [-0.05, 0) is 53.3 Å². The third kappa shape index (κ3) is 4.24. The Bertz CT molecular complexity index is 884. The number of methoxy groups -OCH3 is 1. The molecule has 0 aliphatic rings. The number of hydrogen-bond acceptors (Lipinski definition) is 3. The lowest BCUT2D eigenvalue weighted by Gasteiger charge is -2.13. The number of benzene rings is 2. The van der Waals surface area contributed by atoms with Gasteiger partial charge in [-0.15, -0.1) is 0 Å². The summed E-state index contributed by atoms with van der Waals surface area (Å²) in [6.45, 7) is 0.208. The van der Waals surface area contributed by atoms with Crippen LogP contribution in [-0.4, -0.2) is 29.2 Å². The predicted octanol–water partition coefficient (Wildman–Crippen LogP) is 2.97. The van der Waals surface area contributed by atoms with Gasteiger partial charge in [0.05, 0.1) is 13.2 Å². The Morgan fingerprint density at radius 2 is 1.96 bits per heavy atom. The van der Waals surface area contributed by atoms with Gasteiger partial charge in [-0.2, -0.15) is 0 Å². The molecule has 0 bridgehead atoms. The van der Waals surface area contributed by atoms with E-state index in [1.54, 1.807) is 7.11 Å². The molecular formula is C21H24N2O3. The summed E-state index contributed by atoms with van der Waals surface area (Å²) >= 11 is 0. The van der Waals surface area contributed by atoms with Crippen molar-refractivity contribution >= 4 is 16.8 Å². The minimum atomic E-state index is -0.718. The fourth-order valence-electron chi connectivity index (χ4n) is 2.97. The molecule has 1 amide bonds. The molecule has 136 valence electrons.